The Labute approximate surface area is 132 Å². The number of rotatable bonds is 5. The van der Waals surface area contributed by atoms with E-state index < -0.39 is 0 Å². The summed E-state index contributed by atoms with van der Waals surface area (Å²) in [7, 11) is 3.57. The summed E-state index contributed by atoms with van der Waals surface area (Å²) >= 11 is 0. The lowest BCUT2D eigenvalue weighted by molar-refractivity contribution is 0.415. The van der Waals surface area contributed by atoms with Gasteiger partial charge in [0.25, 0.3) is 0 Å². The molecular formula is C17H26N4O. The first-order chi connectivity index (χ1) is 10.8. The molecule has 0 amide bonds. The molecule has 1 atom stereocenters. The van der Waals surface area contributed by atoms with E-state index in [2.05, 4.69) is 32.7 Å². The second-order valence-corrected chi connectivity index (χ2v) is 6.14. The highest BCUT2D eigenvalue weighted by Gasteiger charge is 2.26. The van der Waals surface area contributed by atoms with Crippen molar-refractivity contribution in [2.24, 2.45) is 10.9 Å². The predicted octanol–water partition coefficient (Wildman–Crippen LogP) is 1.85. The number of para-hydroxylation sites is 2. The van der Waals surface area contributed by atoms with Crippen LogP contribution in [0.15, 0.2) is 29.3 Å². The first-order valence-corrected chi connectivity index (χ1v) is 8.15. The van der Waals surface area contributed by atoms with Crippen molar-refractivity contribution in [3.8, 4) is 5.75 Å². The van der Waals surface area contributed by atoms with Crippen LogP contribution in [0.5, 0.6) is 5.75 Å². The van der Waals surface area contributed by atoms with Crippen molar-refractivity contribution in [2.45, 2.75) is 25.3 Å². The number of nitrogens with zero attached hydrogens (tertiary/aromatic N) is 2. The van der Waals surface area contributed by atoms with Crippen LogP contribution in [0.3, 0.4) is 0 Å². The molecule has 0 aromatic heterocycles. The van der Waals surface area contributed by atoms with Crippen molar-refractivity contribution in [1.29, 1.82) is 0 Å². The molecular weight excluding hydrogens is 276 g/mol. The van der Waals surface area contributed by atoms with Gasteiger partial charge >= 0.3 is 0 Å². The second kappa shape index (κ2) is 6.90. The summed E-state index contributed by atoms with van der Waals surface area (Å²) in [6.45, 7) is 3.06. The van der Waals surface area contributed by atoms with Gasteiger partial charge in [-0.3, -0.25) is 4.99 Å². The van der Waals surface area contributed by atoms with Crippen LogP contribution in [-0.2, 0) is 0 Å². The molecule has 120 valence electrons. The summed E-state index contributed by atoms with van der Waals surface area (Å²) in [6, 6.07) is 8.65. The summed E-state index contributed by atoms with van der Waals surface area (Å²) in [5, 5.41) is 6.97. The molecule has 0 bridgehead atoms. The van der Waals surface area contributed by atoms with Gasteiger partial charge in [0.1, 0.15) is 5.75 Å². The summed E-state index contributed by atoms with van der Waals surface area (Å²) in [6.07, 6.45) is 3.83. The maximum atomic E-state index is 5.47. The average Bonchev–Trinajstić information content (AvgIpc) is 3.28. The minimum absolute atomic E-state index is 0.426. The fourth-order valence-corrected chi connectivity index (χ4v) is 2.94. The lowest BCUT2D eigenvalue weighted by Gasteiger charge is -2.22. The van der Waals surface area contributed by atoms with Crippen LogP contribution >= 0.6 is 0 Å². The minimum Gasteiger partial charge on any atom is -0.495 e. The molecule has 0 radical (unpaired) electrons. The van der Waals surface area contributed by atoms with Crippen LogP contribution in [0, 0.1) is 5.92 Å². The molecule has 0 spiro atoms. The van der Waals surface area contributed by atoms with Crippen molar-refractivity contribution in [2.75, 3.05) is 38.7 Å². The fraction of sp³-hybridized carbons (Fsp3) is 0.588. The van der Waals surface area contributed by atoms with Crippen molar-refractivity contribution in [1.82, 2.24) is 10.6 Å². The topological polar surface area (TPSA) is 48.9 Å². The number of anilines is 1. The van der Waals surface area contributed by atoms with E-state index in [0.29, 0.717) is 6.04 Å². The van der Waals surface area contributed by atoms with Gasteiger partial charge in [0.15, 0.2) is 5.96 Å². The first kappa shape index (κ1) is 15.0. The first-order valence-electron chi connectivity index (χ1n) is 8.15. The van der Waals surface area contributed by atoms with Gasteiger partial charge in [0, 0.05) is 32.7 Å². The van der Waals surface area contributed by atoms with E-state index in [0.717, 1.165) is 43.7 Å². The smallest absolute Gasteiger partial charge is 0.191 e. The summed E-state index contributed by atoms with van der Waals surface area (Å²) < 4.78 is 5.47. The highest BCUT2D eigenvalue weighted by atomic mass is 16.5. The zero-order valence-electron chi connectivity index (χ0n) is 13.5. The van der Waals surface area contributed by atoms with Crippen LogP contribution < -0.4 is 20.3 Å². The lowest BCUT2D eigenvalue weighted by Crippen LogP contribution is -2.45. The van der Waals surface area contributed by atoms with E-state index in [1.165, 1.54) is 18.5 Å². The SMILES string of the molecule is CN=C(NCC1CC1)NC1CCN(c2ccccc2OC)C1. The molecule has 5 heteroatoms. The van der Waals surface area contributed by atoms with Crippen LogP contribution in [-0.4, -0.2) is 45.8 Å². The van der Waals surface area contributed by atoms with Gasteiger partial charge < -0.3 is 20.3 Å². The largest absolute Gasteiger partial charge is 0.495 e. The van der Waals surface area contributed by atoms with E-state index in [9.17, 15) is 0 Å². The number of hydrogen-bond acceptors (Lipinski definition) is 3. The number of ether oxygens (including phenoxy) is 1. The average molecular weight is 302 g/mol. The molecule has 1 heterocycles. The predicted molar refractivity (Wildman–Crippen MR) is 90.8 cm³/mol. The minimum atomic E-state index is 0.426. The summed E-state index contributed by atoms with van der Waals surface area (Å²) in [5.41, 5.74) is 1.18. The van der Waals surface area contributed by atoms with Crippen LogP contribution in [0.2, 0.25) is 0 Å². The standard InChI is InChI=1S/C17H26N4O/c1-18-17(19-11-13-7-8-13)20-14-9-10-21(12-14)15-5-3-4-6-16(15)22-2/h3-6,13-14H,7-12H2,1-2H3,(H2,18,19,20). The van der Waals surface area contributed by atoms with Crippen LogP contribution in [0.25, 0.3) is 0 Å². The Balaban J connectivity index is 1.54. The molecule has 22 heavy (non-hydrogen) atoms. The maximum absolute atomic E-state index is 5.47. The van der Waals surface area contributed by atoms with E-state index in [1.54, 1.807) is 7.11 Å². The molecule has 1 saturated heterocycles. The van der Waals surface area contributed by atoms with E-state index >= 15 is 0 Å². The number of guanidine groups is 1. The van der Waals surface area contributed by atoms with Crippen molar-refractivity contribution >= 4 is 11.6 Å². The monoisotopic (exact) mass is 302 g/mol. The molecule has 1 aromatic carbocycles. The van der Waals surface area contributed by atoms with E-state index in [1.807, 2.05) is 19.2 Å². The van der Waals surface area contributed by atoms with Gasteiger partial charge in [-0.05, 0) is 37.3 Å². The Bertz CT molecular complexity index is 527. The Hall–Kier alpha value is -1.91. The summed E-state index contributed by atoms with van der Waals surface area (Å²) in [4.78, 5) is 6.71. The highest BCUT2D eigenvalue weighted by Crippen LogP contribution is 2.30. The molecule has 1 saturated carbocycles. The van der Waals surface area contributed by atoms with Crippen molar-refractivity contribution in [3.63, 3.8) is 0 Å². The zero-order valence-corrected chi connectivity index (χ0v) is 13.5. The highest BCUT2D eigenvalue weighted by molar-refractivity contribution is 5.80. The van der Waals surface area contributed by atoms with Gasteiger partial charge in [-0.15, -0.1) is 0 Å². The number of benzene rings is 1. The third-order valence-electron chi connectivity index (χ3n) is 4.43. The Morgan fingerprint density at radius 2 is 2.14 bits per heavy atom. The Morgan fingerprint density at radius 1 is 1.32 bits per heavy atom. The second-order valence-electron chi connectivity index (χ2n) is 6.14. The van der Waals surface area contributed by atoms with Crippen LogP contribution in [0.1, 0.15) is 19.3 Å². The van der Waals surface area contributed by atoms with Crippen LogP contribution in [0.4, 0.5) is 5.69 Å². The summed E-state index contributed by atoms with van der Waals surface area (Å²) in [5.74, 6) is 2.73. The number of aliphatic imine (C=N–C) groups is 1. The normalized spacial score (nSPS) is 21.8. The number of methoxy groups -OCH3 is 1. The third-order valence-corrected chi connectivity index (χ3v) is 4.43. The lowest BCUT2D eigenvalue weighted by atomic mass is 10.2. The Kier molecular flexibility index (Phi) is 4.71. The molecule has 3 rings (SSSR count). The van der Waals surface area contributed by atoms with E-state index in [-0.39, 0.29) is 0 Å². The molecule has 2 N–H and O–H groups in total. The van der Waals surface area contributed by atoms with Crippen molar-refractivity contribution in [3.05, 3.63) is 24.3 Å². The molecule has 1 unspecified atom stereocenters. The maximum Gasteiger partial charge on any atom is 0.191 e. The molecule has 1 aliphatic carbocycles. The Morgan fingerprint density at radius 3 is 2.86 bits per heavy atom. The van der Waals surface area contributed by atoms with Gasteiger partial charge in [-0.25, -0.2) is 0 Å². The quantitative estimate of drug-likeness (QED) is 0.644. The zero-order chi connectivity index (χ0) is 15.4. The van der Waals surface area contributed by atoms with Gasteiger partial charge in [-0.2, -0.15) is 0 Å². The molecule has 5 nitrogen and oxygen atoms in total. The molecule has 2 fully saturated rings. The van der Waals surface area contributed by atoms with Gasteiger partial charge in [-0.1, -0.05) is 12.1 Å². The number of hydrogen-bond donors (Lipinski definition) is 2. The molecule has 1 aromatic rings. The molecule has 1 aliphatic heterocycles. The number of nitrogens with one attached hydrogen (secondary N) is 2. The van der Waals surface area contributed by atoms with Gasteiger partial charge in [0.2, 0.25) is 0 Å². The fourth-order valence-electron chi connectivity index (χ4n) is 2.94. The van der Waals surface area contributed by atoms with Crippen molar-refractivity contribution < 1.29 is 4.74 Å². The van der Waals surface area contributed by atoms with E-state index in [4.69, 9.17) is 4.74 Å². The third kappa shape index (κ3) is 3.64. The van der Waals surface area contributed by atoms with Gasteiger partial charge in [0.05, 0.1) is 12.8 Å². The molecule has 2 aliphatic rings.